The molecule has 2 heterocycles. The zero-order valence-corrected chi connectivity index (χ0v) is 25.1. The number of rotatable bonds is 7. The van der Waals surface area contributed by atoms with Crippen LogP contribution in [0.1, 0.15) is 82.8 Å². The molecule has 0 aliphatic carbocycles. The number of hydrogen-bond acceptors (Lipinski definition) is 4. The molecule has 4 rings (SSSR count). The molecule has 0 fully saturated rings. The number of aromatic nitrogens is 3. The Balaban J connectivity index is 1.98. The summed E-state index contributed by atoms with van der Waals surface area (Å²) in [7, 11) is -2.36. The molecule has 1 aliphatic heterocycles. The minimum Gasteiger partial charge on any atom is -0.408 e. The van der Waals surface area contributed by atoms with Crippen LogP contribution >= 0.6 is 11.6 Å². The lowest BCUT2D eigenvalue weighted by Crippen LogP contribution is -2.47. The lowest BCUT2D eigenvalue weighted by Gasteiger charge is -2.42. The van der Waals surface area contributed by atoms with Crippen LogP contribution in [0.3, 0.4) is 0 Å². The first-order chi connectivity index (χ1) is 18.6. The predicted molar refractivity (Wildman–Crippen MR) is 148 cm³/mol. The van der Waals surface area contributed by atoms with Crippen molar-refractivity contribution in [1.29, 1.82) is 0 Å². The van der Waals surface area contributed by atoms with Crippen molar-refractivity contribution in [2.75, 3.05) is 0 Å². The van der Waals surface area contributed by atoms with E-state index in [-0.39, 0.29) is 46.0 Å². The summed E-state index contributed by atoms with van der Waals surface area (Å²) in [5, 5.41) is 7.91. The van der Waals surface area contributed by atoms with Gasteiger partial charge in [0.15, 0.2) is 11.6 Å². The van der Waals surface area contributed by atoms with E-state index in [1.165, 1.54) is 12.1 Å². The molecular formula is C28H32ClF5N4OSi. The highest BCUT2D eigenvalue weighted by atomic mass is 35.5. The maximum atomic E-state index is 15.0. The van der Waals surface area contributed by atoms with E-state index in [0.29, 0.717) is 5.82 Å². The van der Waals surface area contributed by atoms with E-state index >= 15 is 8.78 Å². The molecular weight excluding hydrogens is 567 g/mol. The third kappa shape index (κ3) is 5.00. The van der Waals surface area contributed by atoms with Crippen molar-refractivity contribution in [1.82, 2.24) is 14.8 Å². The molecule has 1 atom stereocenters. The first kappa shape index (κ1) is 30.3. The molecule has 1 aromatic heterocycles. The number of hydrogen-bond donors (Lipinski definition) is 0. The van der Waals surface area contributed by atoms with E-state index in [4.69, 9.17) is 16.0 Å². The van der Waals surface area contributed by atoms with Gasteiger partial charge in [-0.3, -0.25) is 9.56 Å². The average molecular weight is 599 g/mol. The van der Waals surface area contributed by atoms with Crippen molar-refractivity contribution in [3.05, 3.63) is 75.3 Å². The molecule has 3 aromatic rings. The third-order valence-electron chi connectivity index (χ3n) is 7.71. The van der Waals surface area contributed by atoms with Crippen LogP contribution in [0, 0.1) is 11.6 Å². The maximum Gasteiger partial charge on any atom is 0.417 e. The second-order valence-electron chi connectivity index (χ2n) is 11.0. The normalized spacial score (nSPS) is 15.9. The molecule has 5 nitrogen and oxygen atoms in total. The zero-order valence-electron chi connectivity index (χ0n) is 23.4. The second-order valence-corrected chi connectivity index (χ2v) is 16.8. The number of halogens is 6. The van der Waals surface area contributed by atoms with Crippen LogP contribution in [0.2, 0.25) is 21.6 Å². The molecule has 0 N–H and O–H groups in total. The molecule has 216 valence electrons. The van der Waals surface area contributed by atoms with Gasteiger partial charge in [0.1, 0.15) is 17.7 Å². The molecule has 1 aliphatic rings. The van der Waals surface area contributed by atoms with Gasteiger partial charge in [-0.25, -0.2) is 8.78 Å². The quantitative estimate of drug-likeness (QED) is 0.202. The highest BCUT2D eigenvalue weighted by Gasteiger charge is 2.46. The van der Waals surface area contributed by atoms with Gasteiger partial charge in [-0.05, 0) is 47.8 Å². The number of fused-ring (bicyclic) bond motifs is 3. The maximum absolute atomic E-state index is 15.0. The van der Waals surface area contributed by atoms with Gasteiger partial charge in [0, 0.05) is 5.56 Å². The first-order valence-electron chi connectivity index (χ1n) is 13.1. The van der Waals surface area contributed by atoms with Crippen molar-refractivity contribution in [3.8, 4) is 5.69 Å². The molecule has 0 saturated carbocycles. The van der Waals surface area contributed by atoms with Gasteiger partial charge in [0.2, 0.25) is 8.32 Å². The van der Waals surface area contributed by atoms with Crippen LogP contribution in [0.5, 0.6) is 0 Å². The Kier molecular flexibility index (Phi) is 8.32. The Labute approximate surface area is 236 Å². The Morgan fingerprint density at radius 1 is 0.925 bits per heavy atom. The molecule has 0 bridgehead atoms. The molecule has 0 saturated heterocycles. The van der Waals surface area contributed by atoms with Crippen LogP contribution in [-0.2, 0) is 17.2 Å². The summed E-state index contributed by atoms with van der Waals surface area (Å²) in [6, 6.07) is 4.44. The smallest absolute Gasteiger partial charge is 0.408 e. The topological polar surface area (TPSA) is 52.3 Å². The molecule has 0 amide bonds. The van der Waals surface area contributed by atoms with Crippen molar-refractivity contribution >= 4 is 25.6 Å². The fraction of sp³-hybridized carbons (Fsp3) is 0.464. The zero-order chi connectivity index (χ0) is 29.7. The molecule has 0 radical (unpaired) electrons. The Bertz CT molecular complexity index is 1410. The van der Waals surface area contributed by atoms with Gasteiger partial charge < -0.3 is 4.43 Å². The highest BCUT2D eigenvalue weighted by molar-refractivity contribution is 6.77. The van der Waals surface area contributed by atoms with E-state index in [0.717, 1.165) is 18.2 Å². The first-order valence-corrected chi connectivity index (χ1v) is 15.6. The van der Waals surface area contributed by atoms with Crippen molar-refractivity contribution in [2.45, 2.75) is 83.9 Å². The van der Waals surface area contributed by atoms with Crippen molar-refractivity contribution < 1.29 is 26.4 Å². The Morgan fingerprint density at radius 3 is 2.02 bits per heavy atom. The van der Waals surface area contributed by atoms with Crippen LogP contribution in [0.4, 0.5) is 22.0 Å². The van der Waals surface area contributed by atoms with Crippen molar-refractivity contribution in [3.63, 3.8) is 0 Å². The van der Waals surface area contributed by atoms with Gasteiger partial charge in [0.05, 0.1) is 34.2 Å². The third-order valence-corrected chi connectivity index (χ3v) is 14.2. The van der Waals surface area contributed by atoms with E-state index in [1.54, 1.807) is 11.5 Å². The van der Waals surface area contributed by atoms with Crippen molar-refractivity contribution in [2.24, 2.45) is 4.99 Å². The van der Waals surface area contributed by atoms with Gasteiger partial charge >= 0.3 is 6.18 Å². The van der Waals surface area contributed by atoms with Gasteiger partial charge in [-0.1, -0.05) is 59.2 Å². The summed E-state index contributed by atoms with van der Waals surface area (Å²) in [4.78, 5) is 4.47. The lowest BCUT2D eigenvalue weighted by molar-refractivity contribution is -0.137. The molecule has 0 spiro atoms. The summed E-state index contributed by atoms with van der Waals surface area (Å²) in [5.41, 5.74) is -1.36. The summed E-state index contributed by atoms with van der Waals surface area (Å²) in [5.74, 6) is -1.34. The standard InChI is InChI=1S/C28H32ClF5N4OSi/c1-14(2)40(15(3)4,16(5)6)39-13-22-36-37-27-17(7)35-26(23-19(30)9-8-10-20(23)31)24-21(38(22)27)12-11-18(25(24)29)28(32,33)34/h8-12,14-17H,13H2,1-7H3/t17-/m0/s1. The van der Waals surface area contributed by atoms with Gasteiger partial charge in [0.25, 0.3) is 0 Å². The lowest BCUT2D eigenvalue weighted by atomic mass is 9.97. The van der Waals surface area contributed by atoms with Crippen LogP contribution in [0.25, 0.3) is 5.69 Å². The summed E-state index contributed by atoms with van der Waals surface area (Å²) in [6.07, 6.45) is -4.82. The molecule has 2 aromatic carbocycles. The largest absolute Gasteiger partial charge is 0.417 e. The SMILES string of the molecule is CC(C)[Si](OCc1nnc2n1-c1ccc(C(F)(F)F)c(Cl)c1C(c1c(F)cccc1F)=N[C@H]2C)(C(C)C)C(C)C. The van der Waals surface area contributed by atoms with Crippen LogP contribution in [-0.4, -0.2) is 28.8 Å². The fourth-order valence-electron chi connectivity index (χ4n) is 6.07. The summed E-state index contributed by atoms with van der Waals surface area (Å²) >= 11 is 6.42. The molecule has 0 unspecified atom stereocenters. The minimum atomic E-state index is -4.82. The number of nitrogens with zero attached hydrogens (tertiary/aromatic N) is 4. The number of aliphatic imine (C=N–C) groups is 1. The number of alkyl halides is 3. The Morgan fingerprint density at radius 2 is 1.50 bits per heavy atom. The van der Waals surface area contributed by atoms with E-state index in [2.05, 4.69) is 56.7 Å². The van der Waals surface area contributed by atoms with E-state index in [9.17, 15) is 13.2 Å². The Hall–Kier alpha value is -2.63. The minimum absolute atomic E-state index is 0.0436. The monoisotopic (exact) mass is 598 g/mol. The van der Waals surface area contributed by atoms with Gasteiger partial charge in [-0.15, -0.1) is 10.2 Å². The summed E-state index contributed by atoms with van der Waals surface area (Å²) < 4.78 is 80.2. The van der Waals surface area contributed by atoms with E-state index < -0.39 is 48.3 Å². The molecule has 40 heavy (non-hydrogen) atoms. The highest BCUT2D eigenvalue weighted by Crippen LogP contribution is 2.44. The fourth-order valence-corrected chi connectivity index (χ4v) is 11.8. The van der Waals surface area contributed by atoms with E-state index in [1.807, 2.05) is 0 Å². The van der Waals surface area contributed by atoms with Crippen LogP contribution in [0.15, 0.2) is 35.3 Å². The summed E-state index contributed by atoms with van der Waals surface area (Å²) in [6.45, 7) is 14.5. The van der Waals surface area contributed by atoms with Crippen LogP contribution < -0.4 is 0 Å². The predicted octanol–water partition coefficient (Wildman–Crippen LogP) is 8.82. The van der Waals surface area contributed by atoms with Gasteiger partial charge in [-0.2, -0.15) is 13.2 Å². The molecule has 12 heteroatoms. The number of benzene rings is 2. The second kappa shape index (κ2) is 11.0. The average Bonchev–Trinajstić information content (AvgIpc) is 3.21.